The Labute approximate surface area is 163 Å². The zero-order valence-corrected chi connectivity index (χ0v) is 16.7. The third-order valence-corrected chi connectivity index (χ3v) is 6.18. The molecule has 5 nitrogen and oxygen atoms in total. The maximum atomic E-state index is 13.9. The van der Waals surface area contributed by atoms with Crippen LogP contribution in [-0.2, 0) is 6.54 Å². The van der Waals surface area contributed by atoms with Gasteiger partial charge in [0.15, 0.2) is 11.6 Å². The molecule has 0 bridgehead atoms. The molecule has 0 atom stereocenters. The summed E-state index contributed by atoms with van der Waals surface area (Å²) in [6.45, 7) is 4.63. The Bertz CT molecular complexity index is 927. The van der Waals surface area contributed by atoms with E-state index < -0.39 is 5.82 Å². The summed E-state index contributed by atoms with van der Waals surface area (Å²) in [6, 6.07) is 7.36. The fraction of sp³-hybridized carbons (Fsp3) is 0.333. The largest absolute Gasteiger partial charge is 0.494 e. The van der Waals surface area contributed by atoms with E-state index in [1.165, 1.54) is 28.2 Å². The number of methoxy groups -OCH3 is 1. The molecular weight excluding hydrogens is 419 g/mol. The Morgan fingerprint density at radius 2 is 2.00 bits per heavy atom. The average Bonchev–Trinajstić information content (AvgIpc) is 3.06. The van der Waals surface area contributed by atoms with Crippen molar-refractivity contribution in [2.75, 3.05) is 38.2 Å². The van der Waals surface area contributed by atoms with Gasteiger partial charge in [0.1, 0.15) is 12.1 Å². The third kappa shape index (κ3) is 3.54. The number of benzene rings is 1. The quantitative estimate of drug-likeness (QED) is 0.619. The van der Waals surface area contributed by atoms with E-state index in [1.807, 2.05) is 0 Å². The second-order valence-corrected chi connectivity index (χ2v) is 8.72. The fourth-order valence-corrected chi connectivity index (χ4v) is 4.75. The van der Waals surface area contributed by atoms with Crippen LogP contribution in [0.5, 0.6) is 5.75 Å². The van der Waals surface area contributed by atoms with Crippen LogP contribution in [0.15, 0.2) is 34.4 Å². The molecule has 0 aliphatic carbocycles. The van der Waals surface area contributed by atoms with Crippen molar-refractivity contribution in [3.8, 4) is 5.75 Å². The lowest BCUT2D eigenvalue weighted by atomic mass is 10.2. The maximum Gasteiger partial charge on any atom is 0.167 e. The topological polar surface area (TPSA) is 41.5 Å². The number of hydrogen-bond donors (Lipinski definition) is 0. The molecule has 3 heterocycles. The molecule has 2 aromatic heterocycles. The smallest absolute Gasteiger partial charge is 0.167 e. The van der Waals surface area contributed by atoms with Crippen LogP contribution in [0, 0.1) is 5.82 Å². The Morgan fingerprint density at radius 3 is 2.69 bits per heavy atom. The molecule has 136 valence electrons. The first kappa shape index (κ1) is 17.6. The average molecular weight is 437 g/mol. The molecule has 1 aromatic carbocycles. The van der Waals surface area contributed by atoms with Gasteiger partial charge in [0.05, 0.1) is 16.4 Å². The summed E-state index contributed by atoms with van der Waals surface area (Å²) in [4.78, 5) is 14.7. The normalized spacial score (nSPS) is 15.6. The van der Waals surface area contributed by atoms with Crippen LogP contribution in [0.2, 0.25) is 0 Å². The Balaban J connectivity index is 1.52. The summed E-state index contributed by atoms with van der Waals surface area (Å²) < 4.78 is 20.2. The highest BCUT2D eigenvalue weighted by Gasteiger charge is 2.21. The second-order valence-electron chi connectivity index (χ2n) is 6.17. The fourth-order valence-electron chi connectivity index (χ4n) is 3.23. The molecule has 1 fully saturated rings. The number of hydrogen-bond acceptors (Lipinski definition) is 6. The molecule has 0 unspecified atom stereocenters. The number of ether oxygens (including phenoxy) is 1. The molecule has 1 aliphatic heterocycles. The molecule has 1 saturated heterocycles. The van der Waals surface area contributed by atoms with Gasteiger partial charge in [0.25, 0.3) is 0 Å². The van der Waals surface area contributed by atoms with Crippen molar-refractivity contribution in [1.82, 2.24) is 14.9 Å². The third-order valence-electron chi connectivity index (χ3n) is 4.57. The minimum absolute atomic E-state index is 0.218. The van der Waals surface area contributed by atoms with Gasteiger partial charge >= 0.3 is 0 Å². The van der Waals surface area contributed by atoms with Gasteiger partial charge in [-0.3, -0.25) is 4.90 Å². The predicted octanol–water partition coefficient (Wildman–Crippen LogP) is 3.92. The van der Waals surface area contributed by atoms with Crippen LogP contribution in [-0.4, -0.2) is 48.2 Å². The van der Waals surface area contributed by atoms with Crippen LogP contribution in [0.1, 0.15) is 4.88 Å². The van der Waals surface area contributed by atoms with Crippen molar-refractivity contribution in [3.05, 3.63) is 45.1 Å². The molecule has 4 rings (SSSR count). The van der Waals surface area contributed by atoms with Crippen LogP contribution in [0.4, 0.5) is 10.2 Å². The Kier molecular flexibility index (Phi) is 5.06. The number of thiophene rings is 1. The van der Waals surface area contributed by atoms with E-state index in [-0.39, 0.29) is 5.75 Å². The van der Waals surface area contributed by atoms with Gasteiger partial charge in [0, 0.05) is 49.1 Å². The first-order valence-corrected chi connectivity index (χ1v) is 9.95. The summed E-state index contributed by atoms with van der Waals surface area (Å²) in [5.74, 6) is 0.652. The van der Waals surface area contributed by atoms with E-state index in [9.17, 15) is 4.39 Å². The van der Waals surface area contributed by atoms with Gasteiger partial charge < -0.3 is 9.64 Å². The standard InChI is InChI=1S/C18H18BrFN4OS/c1-25-16-8-13-15(9-14(16)20)21-11-22-18(13)24-6-4-23(5-7-24)10-12-2-3-17(19)26-12/h2-3,8-9,11H,4-7,10H2,1H3. The number of nitrogens with zero attached hydrogens (tertiary/aromatic N) is 4. The van der Waals surface area contributed by atoms with Crippen LogP contribution in [0.25, 0.3) is 10.9 Å². The number of piperazine rings is 1. The van der Waals surface area contributed by atoms with Gasteiger partial charge in [-0.05, 0) is 34.1 Å². The minimum Gasteiger partial charge on any atom is -0.494 e. The van der Waals surface area contributed by atoms with Crippen LogP contribution < -0.4 is 9.64 Å². The summed E-state index contributed by atoms with van der Waals surface area (Å²) in [7, 11) is 1.47. The molecule has 0 radical (unpaired) electrons. The van der Waals surface area contributed by atoms with Crippen molar-refractivity contribution in [3.63, 3.8) is 0 Å². The second kappa shape index (κ2) is 7.46. The number of rotatable bonds is 4. The highest BCUT2D eigenvalue weighted by molar-refractivity contribution is 9.11. The van der Waals surface area contributed by atoms with E-state index in [2.05, 4.69) is 47.8 Å². The molecular formula is C18H18BrFN4OS. The predicted molar refractivity (Wildman–Crippen MR) is 106 cm³/mol. The number of fused-ring (bicyclic) bond motifs is 1. The highest BCUT2D eigenvalue weighted by atomic mass is 79.9. The monoisotopic (exact) mass is 436 g/mol. The molecule has 0 saturated carbocycles. The molecule has 3 aromatic rings. The van der Waals surface area contributed by atoms with E-state index >= 15 is 0 Å². The lowest BCUT2D eigenvalue weighted by molar-refractivity contribution is 0.251. The van der Waals surface area contributed by atoms with Crippen LogP contribution >= 0.6 is 27.3 Å². The maximum absolute atomic E-state index is 13.9. The molecule has 0 amide bonds. The zero-order valence-electron chi connectivity index (χ0n) is 14.3. The lowest BCUT2D eigenvalue weighted by Gasteiger charge is -2.35. The van der Waals surface area contributed by atoms with Crippen LogP contribution in [0.3, 0.4) is 0 Å². The first-order chi connectivity index (χ1) is 12.6. The molecule has 26 heavy (non-hydrogen) atoms. The Morgan fingerprint density at radius 1 is 1.19 bits per heavy atom. The van der Waals surface area contributed by atoms with Crippen molar-refractivity contribution in [1.29, 1.82) is 0 Å². The molecule has 0 N–H and O–H groups in total. The van der Waals surface area contributed by atoms with Gasteiger partial charge in [-0.2, -0.15) is 0 Å². The van der Waals surface area contributed by atoms with E-state index in [1.54, 1.807) is 17.4 Å². The molecule has 8 heteroatoms. The van der Waals surface area contributed by atoms with Crippen molar-refractivity contribution < 1.29 is 9.13 Å². The van der Waals surface area contributed by atoms with Gasteiger partial charge in [-0.15, -0.1) is 11.3 Å². The van der Waals surface area contributed by atoms with E-state index in [4.69, 9.17) is 4.74 Å². The number of anilines is 1. The number of halogens is 2. The summed E-state index contributed by atoms with van der Waals surface area (Å²) in [5.41, 5.74) is 0.596. The summed E-state index contributed by atoms with van der Waals surface area (Å²) in [5, 5.41) is 0.821. The van der Waals surface area contributed by atoms with Crippen molar-refractivity contribution >= 4 is 44.0 Å². The summed E-state index contributed by atoms with van der Waals surface area (Å²) >= 11 is 5.29. The van der Waals surface area contributed by atoms with Gasteiger partial charge in [-0.25, -0.2) is 14.4 Å². The zero-order chi connectivity index (χ0) is 18.1. The highest BCUT2D eigenvalue weighted by Crippen LogP contribution is 2.30. The van der Waals surface area contributed by atoms with E-state index in [0.717, 1.165) is 43.9 Å². The number of aromatic nitrogens is 2. The van der Waals surface area contributed by atoms with E-state index in [0.29, 0.717) is 5.52 Å². The molecule has 0 spiro atoms. The Hall–Kier alpha value is -1.77. The van der Waals surface area contributed by atoms with Gasteiger partial charge in [-0.1, -0.05) is 0 Å². The summed E-state index contributed by atoms with van der Waals surface area (Å²) in [6.07, 6.45) is 1.50. The van der Waals surface area contributed by atoms with Gasteiger partial charge in [0.2, 0.25) is 0 Å². The minimum atomic E-state index is -0.406. The van der Waals surface area contributed by atoms with Crippen molar-refractivity contribution in [2.45, 2.75) is 6.54 Å². The lowest BCUT2D eigenvalue weighted by Crippen LogP contribution is -2.46. The first-order valence-electron chi connectivity index (χ1n) is 8.34. The molecule has 1 aliphatic rings. The SMILES string of the molecule is COc1cc2c(N3CCN(Cc4ccc(Br)s4)CC3)ncnc2cc1F. The van der Waals surface area contributed by atoms with Crippen molar-refractivity contribution in [2.24, 2.45) is 0 Å².